The Morgan fingerprint density at radius 3 is 1.88 bits per heavy atom. The molecule has 0 aliphatic carbocycles. The van der Waals surface area contributed by atoms with E-state index in [1.165, 1.54) is 6.92 Å². The number of carbonyl (C=O) groups is 2. The van der Waals surface area contributed by atoms with E-state index in [-0.39, 0.29) is 29.0 Å². The highest BCUT2D eigenvalue weighted by Gasteiger charge is 2.33. The second kappa shape index (κ2) is 6.96. The van der Waals surface area contributed by atoms with Crippen LogP contribution in [0.2, 0.25) is 0 Å². The van der Waals surface area contributed by atoms with E-state index in [9.17, 15) is 9.59 Å². The number of benzene rings is 1. The molecule has 0 aliphatic heterocycles. The van der Waals surface area contributed by atoms with Crippen molar-refractivity contribution in [3.05, 3.63) is 22.8 Å². The van der Waals surface area contributed by atoms with Crippen LogP contribution >= 0.6 is 0 Å². The number of Topliss-reactive ketones (excluding diaryl/α,β-unsaturated/α-hetero) is 1. The topological polar surface area (TPSA) is 52.6 Å². The number of hydrogen-bond acceptors (Lipinski definition) is 4. The predicted octanol–water partition coefficient (Wildman–Crippen LogP) is 4.35. The molecule has 0 saturated heterocycles. The van der Waals surface area contributed by atoms with Crippen LogP contribution in [0.25, 0.3) is 0 Å². The molecule has 4 nitrogen and oxygen atoms in total. The van der Waals surface area contributed by atoms with Gasteiger partial charge in [0.1, 0.15) is 17.3 Å². The molecule has 0 saturated carbocycles. The van der Waals surface area contributed by atoms with Gasteiger partial charge in [-0.3, -0.25) is 9.59 Å². The highest BCUT2D eigenvalue weighted by atomic mass is 16.5. The second-order valence-corrected chi connectivity index (χ2v) is 8.28. The molecule has 134 valence electrons. The van der Waals surface area contributed by atoms with Crippen LogP contribution in [0.3, 0.4) is 0 Å². The van der Waals surface area contributed by atoms with Crippen molar-refractivity contribution >= 4 is 11.8 Å². The molecule has 0 aliphatic rings. The number of ketones is 1. The summed E-state index contributed by atoms with van der Waals surface area (Å²) in [7, 11) is 1.60. The molecule has 1 aromatic rings. The van der Waals surface area contributed by atoms with E-state index in [1.807, 2.05) is 26.8 Å². The van der Waals surface area contributed by atoms with Gasteiger partial charge in [0.15, 0.2) is 0 Å². The zero-order valence-electron chi connectivity index (χ0n) is 16.4. The van der Waals surface area contributed by atoms with Crippen molar-refractivity contribution in [1.29, 1.82) is 0 Å². The van der Waals surface area contributed by atoms with Crippen molar-refractivity contribution in [2.24, 2.45) is 0 Å². The zero-order valence-corrected chi connectivity index (χ0v) is 16.4. The molecule has 1 rings (SSSR count). The van der Waals surface area contributed by atoms with E-state index in [4.69, 9.17) is 9.47 Å². The van der Waals surface area contributed by atoms with Crippen molar-refractivity contribution in [1.82, 2.24) is 0 Å². The SMILES string of the molecule is COc1cc(C(C)(C)C)c(OC(C)=O)c(C(C)(C)C)c1CC(C)=O. The van der Waals surface area contributed by atoms with Crippen LogP contribution in [0.15, 0.2) is 6.07 Å². The van der Waals surface area contributed by atoms with Gasteiger partial charge >= 0.3 is 5.97 Å². The Kier molecular flexibility index (Phi) is 5.86. The first-order valence-corrected chi connectivity index (χ1v) is 8.21. The summed E-state index contributed by atoms with van der Waals surface area (Å²) in [4.78, 5) is 23.6. The Labute approximate surface area is 145 Å². The Morgan fingerprint density at radius 1 is 1.00 bits per heavy atom. The van der Waals surface area contributed by atoms with Crippen molar-refractivity contribution < 1.29 is 19.1 Å². The van der Waals surface area contributed by atoms with Crippen molar-refractivity contribution in [3.63, 3.8) is 0 Å². The molecule has 0 spiro atoms. The molecule has 0 bridgehead atoms. The van der Waals surface area contributed by atoms with Crippen LogP contribution < -0.4 is 9.47 Å². The Hall–Kier alpha value is -1.84. The lowest BCUT2D eigenvalue weighted by Crippen LogP contribution is -2.24. The van der Waals surface area contributed by atoms with Gasteiger partial charge in [-0.2, -0.15) is 0 Å². The third-order valence-corrected chi connectivity index (χ3v) is 3.80. The van der Waals surface area contributed by atoms with E-state index in [0.29, 0.717) is 11.5 Å². The molecule has 0 N–H and O–H groups in total. The number of carbonyl (C=O) groups excluding carboxylic acids is 2. The quantitative estimate of drug-likeness (QED) is 0.607. The summed E-state index contributed by atoms with van der Waals surface area (Å²) in [6.45, 7) is 15.3. The summed E-state index contributed by atoms with van der Waals surface area (Å²) in [6, 6.07) is 1.89. The minimum absolute atomic E-state index is 0.0380. The fraction of sp³-hybridized carbons (Fsp3) is 0.600. The lowest BCUT2D eigenvalue weighted by atomic mass is 9.76. The van der Waals surface area contributed by atoms with Gasteiger partial charge in [-0.1, -0.05) is 41.5 Å². The first kappa shape index (κ1) is 20.2. The van der Waals surface area contributed by atoms with Gasteiger partial charge < -0.3 is 9.47 Å². The first-order chi connectivity index (χ1) is 10.8. The summed E-state index contributed by atoms with van der Waals surface area (Å²) in [6.07, 6.45) is 0.245. The van der Waals surface area contributed by atoms with Gasteiger partial charge in [0.05, 0.1) is 7.11 Å². The molecular weight excluding hydrogens is 304 g/mol. The third-order valence-electron chi connectivity index (χ3n) is 3.80. The summed E-state index contributed by atoms with van der Waals surface area (Å²) in [5.74, 6) is 0.886. The largest absolute Gasteiger partial charge is 0.496 e. The van der Waals surface area contributed by atoms with Gasteiger partial charge in [0.25, 0.3) is 0 Å². The summed E-state index contributed by atoms with van der Waals surface area (Å²) in [5.41, 5.74) is 1.99. The highest BCUT2D eigenvalue weighted by molar-refractivity contribution is 5.81. The standard InChI is InChI=1S/C20H30O4/c1-12(21)10-14-16(23-9)11-15(19(3,4)5)18(24-13(2)22)17(14)20(6,7)8/h11H,10H2,1-9H3. The molecular formula is C20H30O4. The molecule has 0 heterocycles. The van der Waals surface area contributed by atoms with E-state index < -0.39 is 0 Å². The minimum Gasteiger partial charge on any atom is -0.496 e. The third kappa shape index (κ3) is 4.59. The fourth-order valence-corrected chi connectivity index (χ4v) is 2.89. The van der Waals surface area contributed by atoms with E-state index in [1.54, 1.807) is 14.0 Å². The maximum atomic E-state index is 11.8. The van der Waals surface area contributed by atoms with E-state index in [2.05, 4.69) is 20.8 Å². The van der Waals surface area contributed by atoms with Crippen LogP contribution in [0.1, 0.15) is 72.1 Å². The average molecular weight is 334 g/mol. The maximum absolute atomic E-state index is 11.8. The number of rotatable bonds is 4. The van der Waals surface area contributed by atoms with Gasteiger partial charge in [0.2, 0.25) is 0 Å². The Morgan fingerprint density at radius 2 is 1.54 bits per heavy atom. The van der Waals surface area contributed by atoms with Crippen LogP contribution in [0.4, 0.5) is 0 Å². The van der Waals surface area contributed by atoms with Crippen molar-refractivity contribution in [3.8, 4) is 11.5 Å². The molecule has 1 aromatic carbocycles. The lowest BCUT2D eigenvalue weighted by molar-refractivity contribution is -0.132. The first-order valence-electron chi connectivity index (χ1n) is 8.21. The van der Waals surface area contributed by atoms with E-state index >= 15 is 0 Å². The summed E-state index contributed by atoms with van der Waals surface area (Å²) in [5, 5.41) is 0. The van der Waals surface area contributed by atoms with Crippen LogP contribution in [0, 0.1) is 0 Å². The van der Waals surface area contributed by atoms with Crippen molar-refractivity contribution in [2.45, 2.75) is 72.6 Å². The van der Waals surface area contributed by atoms with Crippen molar-refractivity contribution in [2.75, 3.05) is 7.11 Å². The molecule has 0 radical (unpaired) electrons. The zero-order chi connectivity index (χ0) is 18.9. The smallest absolute Gasteiger partial charge is 0.308 e. The minimum atomic E-state index is -0.370. The van der Waals surface area contributed by atoms with Crippen LogP contribution in [-0.4, -0.2) is 18.9 Å². The summed E-state index contributed by atoms with van der Waals surface area (Å²) < 4.78 is 11.2. The molecule has 0 aromatic heterocycles. The molecule has 0 unspecified atom stereocenters. The van der Waals surface area contributed by atoms with Gasteiger partial charge in [-0.05, 0) is 23.8 Å². The normalized spacial score (nSPS) is 12.0. The Balaban J connectivity index is 3.97. The van der Waals surface area contributed by atoms with E-state index in [0.717, 1.165) is 16.7 Å². The summed E-state index contributed by atoms with van der Waals surface area (Å²) >= 11 is 0. The van der Waals surface area contributed by atoms with Crippen LogP contribution in [-0.2, 0) is 26.8 Å². The molecule has 24 heavy (non-hydrogen) atoms. The number of methoxy groups -OCH3 is 1. The molecule has 0 atom stereocenters. The average Bonchev–Trinajstić information content (AvgIpc) is 2.34. The highest BCUT2D eigenvalue weighted by Crippen LogP contribution is 2.46. The second-order valence-electron chi connectivity index (χ2n) is 8.28. The molecule has 0 fully saturated rings. The molecule has 0 amide bonds. The number of esters is 1. The fourth-order valence-electron chi connectivity index (χ4n) is 2.89. The lowest BCUT2D eigenvalue weighted by Gasteiger charge is -2.32. The van der Waals surface area contributed by atoms with Gasteiger partial charge in [-0.25, -0.2) is 0 Å². The van der Waals surface area contributed by atoms with Gasteiger partial charge in [-0.15, -0.1) is 0 Å². The number of hydrogen-bond donors (Lipinski definition) is 0. The monoisotopic (exact) mass is 334 g/mol. The van der Waals surface area contributed by atoms with Gasteiger partial charge in [0, 0.05) is 30.0 Å². The van der Waals surface area contributed by atoms with Crippen LogP contribution in [0.5, 0.6) is 11.5 Å². The molecule has 4 heteroatoms. The Bertz CT molecular complexity index is 643. The predicted molar refractivity (Wildman–Crippen MR) is 96.1 cm³/mol. The number of ether oxygens (including phenoxy) is 2. The maximum Gasteiger partial charge on any atom is 0.308 e.